The molecule has 5 heteroatoms. The summed E-state index contributed by atoms with van der Waals surface area (Å²) in [6.45, 7) is 11.7. The predicted octanol–water partition coefficient (Wildman–Crippen LogP) is 1.74. The monoisotopic (exact) mass is 303 g/mol. The highest BCUT2D eigenvalue weighted by Crippen LogP contribution is 2.20. The number of halogens is 1. The second-order valence-corrected chi connectivity index (χ2v) is 6.08. The minimum atomic E-state index is 0. The van der Waals surface area contributed by atoms with Crippen molar-refractivity contribution in [3.05, 3.63) is 0 Å². The number of piperidine rings is 1. The van der Waals surface area contributed by atoms with Gasteiger partial charge in [-0.3, -0.25) is 9.69 Å². The third kappa shape index (κ3) is 4.09. The molecule has 0 spiro atoms. The molecule has 118 valence electrons. The summed E-state index contributed by atoms with van der Waals surface area (Å²) in [5, 5.41) is 3.39. The lowest BCUT2D eigenvalue weighted by Gasteiger charge is -2.31. The van der Waals surface area contributed by atoms with E-state index in [1.807, 2.05) is 0 Å². The average Bonchev–Trinajstić information content (AvgIpc) is 2.89. The van der Waals surface area contributed by atoms with Crippen LogP contribution in [0.1, 0.15) is 40.0 Å². The molecule has 1 amide bonds. The van der Waals surface area contributed by atoms with E-state index in [1.54, 1.807) is 0 Å². The second-order valence-electron chi connectivity index (χ2n) is 6.08. The molecule has 4 nitrogen and oxygen atoms in total. The zero-order chi connectivity index (χ0) is 13.8. The van der Waals surface area contributed by atoms with Gasteiger partial charge in [0, 0.05) is 19.1 Å². The van der Waals surface area contributed by atoms with Crippen LogP contribution in [-0.2, 0) is 4.79 Å². The first kappa shape index (κ1) is 17.7. The molecular formula is C15H30ClN3O. The molecule has 3 atom stereocenters. The van der Waals surface area contributed by atoms with E-state index >= 15 is 0 Å². The number of nitrogens with one attached hydrogen (secondary N) is 1. The first-order chi connectivity index (χ1) is 9.15. The zero-order valence-electron chi connectivity index (χ0n) is 13.1. The highest BCUT2D eigenvalue weighted by Gasteiger charge is 2.34. The van der Waals surface area contributed by atoms with Gasteiger partial charge in [0.05, 0.1) is 6.04 Å². The van der Waals surface area contributed by atoms with E-state index in [9.17, 15) is 4.79 Å². The number of rotatable bonds is 4. The molecule has 0 aromatic rings. The lowest BCUT2D eigenvalue weighted by Crippen LogP contribution is -2.50. The van der Waals surface area contributed by atoms with Gasteiger partial charge in [-0.15, -0.1) is 12.4 Å². The van der Waals surface area contributed by atoms with Crippen molar-refractivity contribution in [2.45, 2.75) is 52.1 Å². The highest BCUT2D eigenvalue weighted by molar-refractivity contribution is 5.85. The van der Waals surface area contributed by atoms with Crippen LogP contribution in [0.25, 0.3) is 0 Å². The Kier molecular flexibility index (Phi) is 7.27. The van der Waals surface area contributed by atoms with Crippen molar-refractivity contribution < 1.29 is 4.79 Å². The number of amides is 1. The van der Waals surface area contributed by atoms with Gasteiger partial charge in [-0.1, -0.05) is 20.8 Å². The van der Waals surface area contributed by atoms with Crippen LogP contribution in [0.15, 0.2) is 0 Å². The Bertz CT molecular complexity index is 309. The zero-order valence-corrected chi connectivity index (χ0v) is 13.9. The third-order valence-electron chi connectivity index (χ3n) is 4.77. The Hall–Kier alpha value is -0.320. The van der Waals surface area contributed by atoms with Gasteiger partial charge in [0.1, 0.15) is 0 Å². The topological polar surface area (TPSA) is 35.6 Å². The maximum absolute atomic E-state index is 12.5. The Morgan fingerprint density at radius 3 is 2.60 bits per heavy atom. The number of likely N-dealkylation sites (N-methyl/N-ethyl adjacent to an activating group) is 1. The molecule has 1 N–H and O–H groups in total. The Labute approximate surface area is 129 Å². The van der Waals surface area contributed by atoms with E-state index in [2.05, 4.69) is 35.9 Å². The van der Waals surface area contributed by atoms with Gasteiger partial charge in [0.25, 0.3) is 0 Å². The van der Waals surface area contributed by atoms with Crippen LogP contribution in [0.5, 0.6) is 0 Å². The summed E-state index contributed by atoms with van der Waals surface area (Å²) in [5.41, 5.74) is 0. The van der Waals surface area contributed by atoms with Crippen LogP contribution < -0.4 is 5.32 Å². The maximum atomic E-state index is 12.5. The molecule has 2 heterocycles. The summed E-state index contributed by atoms with van der Waals surface area (Å²) in [6.07, 6.45) is 3.34. The van der Waals surface area contributed by atoms with E-state index in [1.165, 1.54) is 6.42 Å². The first-order valence-electron chi connectivity index (χ1n) is 7.91. The highest BCUT2D eigenvalue weighted by atomic mass is 35.5. The van der Waals surface area contributed by atoms with Crippen molar-refractivity contribution in [2.24, 2.45) is 5.92 Å². The summed E-state index contributed by atoms with van der Waals surface area (Å²) >= 11 is 0. The lowest BCUT2D eigenvalue weighted by atomic mass is 9.93. The number of carbonyl (C=O) groups excluding carboxylic acids is 1. The van der Waals surface area contributed by atoms with Gasteiger partial charge < -0.3 is 10.2 Å². The average molecular weight is 304 g/mol. The van der Waals surface area contributed by atoms with Gasteiger partial charge in [-0.2, -0.15) is 0 Å². The third-order valence-corrected chi connectivity index (χ3v) is 4.77. The molecule has 20 heavy (non-hydrogen) atoms. The molecule has 2 aliphatic rings. The maximum Gasteiger partial charge on any atom is 0.239 e. The normalized spacial score (nSPS) is 30.4. The summed E-state index contributed by atoms with van der Waals surface area (Å²) in [5.74, 6) is 1.01. The van der Waals surface area contributed by atoms with E-state index in [0.29, 0.717) is 17.9 Å². The van der Waals surface area contributed by atoms with Gasteiger partial charge >= 0.3 is 0 Å². The summed E-state index contributed by atoms with van der Waals surface area (Å²) < 4.78 is 0. The van der Waals surface area contributed by atoms with E-state index in [-0.39, 0.29) is 18.4 Å². The molecule has 0 aromatic carbocycles. The minimum Gasteiger partial charge on any atom is -0.340 e. The van der Waals surface area contributed by atoms with Crippen LogP contribution in [0, 0.1) is 5.92 Å². The molecular weight excluding hydrogens is 274 g/mol. The van der Waals surface area contributed by atoms with Gasteiger partial charge in [0.15, 0.2) is 0 Å². The van der Waals surface area contributed by atoms with Crippen LogP contribution in [-0.4, -0.2) is 60.5 Å². The fraction of sp³-hybridized carbons (Fsp3) is 0.933. The Morgan fingerprint density at radius 1 is 1.30 bits per heavy atom. The van der Waals surface area contributed by atoms with Gasteiger partial charge in [0.2, 0.25) is 5.91 Å². The minimum absolute atomic E-state index is 0. The molecule has 0 aromatic heterocycles. The number of hydrogen-bond donors (Lipinski definition) is 1. The molecule has 0 saturated carbocycles. The van der Waals surface area contributed by atoms with Crippen LogP contribution >= 0.6 is 12.4 Å². The summed E-state index contributed by atoms with van der Waals surface area (Å²) in [6, 6.07) is 0.638. The molecule has 2 fully saturated rings. The number of hydrogen-bond acceptors (Lipinski definition) is 3. The SMILES string of the molecule is CCN(CC)C1CCN(C(=O)C2CC(C)CCN2)C1.Cl. The lowest BCUT2D eigenvalue weighted by molar-refractivity contribution is -0.133. The predicted molar refractivity (Wildman–Crippen MR) is 85.3 cm³/mol. The van der Waals surface area contributed by atoms with Crippen LogP contribution in [0.2, 0.25) is 0 Å². The van der Waals surface area contributed by atoms with Crippen molar-refractivity contribution in [1.82, 2.24) is 15.1 Å². The Balaban J connectivity index is 0.00000200. The van der Waals surface area contributed by atoms with Crippen molar-refractivity contribution in [3.63, 3.8) is 0 Å². The van der Waals surface area contributed by atoms with Crippen molar-refractivity contribution in [3.8, 4) is 0 Å². The fourth-order valence-corrected chi connectivity index (χ4v) is 3.50. The second kappa shape index (κ2) is 8.20. The van der Waals surface area contributed by atoms with Gasteiger partial charge in [-0.25, -0.2) is 0 Å². The van der Waals surface area contributed by atoms with Crippen molar-refractivity contribution in [1.29, 1.82) is 0 Å². The quantitative estimate of drug-likeness (QED) is 0.859. The number of nitrogens with zero attached hydrogens (tertiary/aromatic N) is 2. The fourth-order valence-electron chi connectivity index (χ4n) is 3.50. The van der Waals surface area contributed by atoms with Gasteiger partial charge in [-0.05, 0) is 44.8 Å². The van der Waals surface area contributed by atoms with Crippen molar-refractivity contribution >= 4 is 18.3 Å². The molecule has 0 aliphatic carbocycles. The number of carbonyl (C=O) groups is 1. The first-order valence-corrected chi connectivity index (χ1v) is 7.91. The summed E-state index contributed by atoms with van der Waals surface area (Å²) in [4.78, 5) is 17.1. The van der Waals surface area contributed by atoms with Crippen LogP contribution in [0.3, 0.4) is 0 Å². The Morgan fingerprint density at radius 2 is 2.00 bits per heavy atom. The largest absolute Gasteiger partial charge is 0.340 e. The summed E-state index contributed by atoms with van der Waals surface area (Å²) in [7, 11) is 0. The van der Waals surface area contributed by atoms with E-state index in [0.717, 1.165) is 45.6 Å². The molecule has 2 rings (SSSR count). The van der Waals surface area contributed by atoms with Crippen molar-refractivity contribution in [2.75, 3.05) is 32.7 Å². The molecule has 2 saturated heterocycles. The standard InChI is InChI=1S/C15H29N3O.ClH/c1-4-17(5-2)13-7-9-18(11-13)15(19)14-10-12(3)6-8-16-14;/h12-14,16H,4-11H2,1-3H3;1H. The molecule has 0 radical (unpaired) electrons. The molecule has 0 bridgehead atoms. The molecule has 3 unspecified atom stereocenters. The van der Waals surface area contributed by atoms with Crippen LogP contribution in [0.4, 0.5) is 0 Å². The number of likely N-dealkylation sites (tertiary alicyclic amines) is 1. The van der Waals surface area contributed by atoms with E-state index in [4.69, 9.17) is 0 Å². The molecule has 2 aliphatic heterocycles. The van der Waals surface area contributed by atoms with E-state index < -0.39 is 0 Å². The smallest absolute Gasteiger partial charge is 0.239 e.